The van der Waals surface area contributed by atoms with Gasteiger partial charge in [-0.15, -0.1) is 0 Å². The highest BCUT2D eigenvalue weighted by Crippen LogP contribution is 2.03. The van der Waals surface area contributed by atoms with Crippen molar-refractivity contribution in [3.8, 4) is 0 Å². The van der Waals surface area contributed by atoms with Gasteiger partial charge in [-0.3, -0.25) is 4.79 Å². The zero-order valence-electron chi connectivity index (χ0n) is 8.86. The van der Waals surface area contributed by atoms with E-state index in [-0.39, 0.29) is 5.92 Å². The van der Waals surface area contributed by atoms with Gasteiger partial charge in [0, 0.05) is 6.42 Å². The second-order valence-electron chi connectivity index (χ2n) is 3.22. The first-order chi connectivity index (χ1) is 6.49. The van der Waals surface area contributed by atoms with Gasteiger partial charge in [0.25, 0.3) is 0 Å². The van der Waals surface area contributed by atoms with E-state index in [9.17, 15) is 9.59 Å². The number of hydrogen-bond donors (Lipinski definition) is 3. The van der Waals surface area contributed by atoms with Crippen molar-refractivity contribution in [1.82, 2.24) is 5.48 Å². The molecule has 14 heavy (non-hydrogen) atoms. The van der Waals surface area contributed by atoms with Gasteiger partial charge in [0.1, 0.15) is 12.3 Å². The van der Waals surface area contributed by atoms with Crippen LogP contribution < -0.4 is 5.48 Å². The first kappa shape index (κ1) is 15.5. The highest BCUT2D eigenvalue weighted by molar-refractivity contribution is 5.73. The third-order valence-corrected chi connectivity index (χ3v) is 1.33. The van der Waals surface area contributed by atoms with Crippen LogP contribution >= 0.6 is 0 Å². The maximum absolute atomic E-state index is 10.2. The molecule has 0 aliphatic carbocycles. The van der Waals surface area contributed by atoms with Gasteiger partial charge < -0.3 is 15.1 Å². The van der Waals surface area contributed by atoms with E-state index in [1.54, 1.807) is 5.48 Å². The molecular weight excluding hydrogens is 186 g/mol. The predicted molar refractivity (Wildman–Crippen MR) is 52.2 cm³/mol. The number of hydrogen-bond acceptors (Lipinski definition) is 4. The van der Waals surface area contributed by atoms with E-state index in [0.717, 1.165) is 6.29 Å². The summed E-state index contributed by atoms with van der Waals surface area (Å²) in [6.45, 7) is 5.60. The number of carbonyl (C=O) groups excluding carboxylic acids is 1. The van der Waals surface area contributed by atoms with Gasteiger partial charge in [-0.25, -0.2) is 0 Å². The Labute approximate surface area is 84.1 Å². The Hall–Kier alpha value is -0.940. The van der Waals surface area contributed by atoms with Crippen LogP contribution in [-0.2, 0) is 9.59 Å². The average Bonchev–Trinajstić information content (AvgIpc) is 2.14. The summed E-state index contributed by atoms with van der Waals surface area (Å²) in [5, 5.41) is 16.7. The van der Waals surface area contributed by atoms with Gasteiger partial charge in [0.2, 0.25) is 0 Å². The van der Waals surface area contributed by atoms with Crippen LogP contribution in [0.15, 0.2) is 0 Å². The fraction of sp³-hybridized carbons (Fsp3) is 0.778. The van der Waals surface area contributed by atoms with Crippen molar-refractivity contribution in [2.24, 2.45) is 5.92 Å². The van der Waals surface area contributed by atoms with Crippen molar-refractivity contribution in [3.05, 3.63) is 0 Å². The number of nitrogens with one attached hydrogen (secondary N) is 1. The van der Waals surface area contributed by atoms with Crippen molar-refractivity contribution >= 4 is 12.3 Å². The minimum Gasteiger partial charge on any atom is -0.480 e. The summed E-state index contributed by atoms with van der Waals surface area (Å²) < 4.78 is 0. The molecule has 1 unspecified atom stereocenters. The van der Waals surface area contributed by atoms with Crippen LogP contribution in [0.5, 0.6) is 0 Å². The highest BCUT2D eigenvalue weighted by atomic mass is 16.5. The van der Waals surface area contributed by atoms with Crippen molar-refractivity contribution in [3.63, 3.8) is 0 Å². The molecule has 0 aromatic heterocycles. The van der Waals surface area contributed by atoms with Gasteiger partial charge in [-0.1, -0.05) is 20.8 Å². The Morgan fingerprint density at radius 1 is 1.50 bits per heavy atom. The topological polar surface area (TPSA) is 86.6 Å². The number of aldehydes is 1. The second-order valence-corrected chi connectivity index (χ2v) is 3.22. The fourth-order valence-corrected chi connectivity index (χ4v) is 0.680. The van der Waals surface area contributed by atoms with Crippen LogP contribution in [0.25, 0.3) is 0 Å². The van der Waals surface area contributed by atoms with E-state index in [1.165, 1.54) is 0 Å². The summed E-state index contributed by atoms with van der Waals surface area (Å²) in [5.41, 5.74) is 1.73. The molecule has 0 saturated carbocycles. The largest absolute Gasteiger partial charge is 0.480 e. The van der Waals surface area contributed by atoms with Crippen LogP contribution in [0, 0.1) is 5.92 Å². The first-order valence-corrected chi connectivity index (χ1v) is 4.55. The van der Waals surface area contributed by atoms with E-state index in [1.807, 2.05) is 20.8 Å². The molecule has 0 radical (unpaired) electrons. The monoisotopic (exact) mass is 205 g/mol. The summed E-state index contributed by atoms with van der Waals surface area (Å²) >= 11 is 0. The van der Waals surface area contributed by atoms with Crippen LogP contribution in [-0.4, -0.2) is 28.6 Å². The molecule has 0 spiro atoms. The molecule has 3 N–H and O–H groups in total. The third-order valence-electron chi connectivity index (χ3n) is 1.33. The fourth-order valence-electron chi connectivity index (χ4n) is 0.680. The molecule has 1 atom stereocenters. The van der Waals surface area contributed by atoms with Gasteiger partial charge in [-0.05, 0) is 12.3 Å². The number of carboxylic acid groups (broad SMARTS) is 1. The first-order valence-electron chi connectivity index (χ1n) is 4.55. The second kappa shape index (κ2) is 10.1. The lowest BCUT2D eigenvalue weighted by atomic mass is 10.1. The van der Waals surface area contributed by atoms with E-state index in [4.69, 9.17) is 10.3 Å². The Balaban J connectivity index is 0. The maximum Gasteiger partial charge on any atom is 0.323 e. The molecule has 0 saturated heterocycles. The standard InChI is InChI=1S/C6H13NO3.C3H6O/c1-4(2)3-5(7-10)6(8)9;1-2-3-4/h4-5,7,10H,3H2,1-2H3,(H,8,9);3H,2H2,1H3. The van der Waals surface area contributed by atoms with Crippen LogP contribution in [0.2, 0.25) is 0 Å². The SMILES string of the molecule is CC(C)CC(NO)C(=O)O.CCC=O. The van der Waals surface area contributed by atoms with E-state index >= 15 is 0 Å². The van der Waals surface area contributed by atoms with Crippen molar-refractivity contribution in [2.45, 2.75) is 39.7 Å². The summed E-state index contributed by atoms with van der Waals surface area (Å²) in [4.78, 5) is 19.4. The number of aliphatic carboxylic acids is 1. The van der Waals surface area contributed by atoms with Crippen LogP contribution in [0.1, 0.15) is 33.6 Å². The summed E-state index contributed by atoms with van der Waals surface area (Å²) in [6, 6.07) is -0.833. The minimum absolute atomic E-state index is 0.265. The Morgan fingerprint density at radius 2 is 1.93 bits per heavy atom. The lowest BCUT2D eigenvalue weighted by Crippen LogP contribution is -2.35. The maximum atomic E-state index is 10.2. The molecule has 5 nitrogen and oxygen atoms in total. The smallest absolute Gasteiger partial charge is 0.323 e. The summed E-state index contributed by atoms with van der Waals surface area (Å²) in [7, 11) is 0. The van der Waals surface area contributed by atoms with E-state index in [2.05, 4.69) is 0 Å². The molecule has 0 aliphatic heterocycles. The minimum atomic E-state index is -1.02. The van der Waals surface area contributed by atoms with Gasteiger partial charge in [0.15, 0.2) is 0 Å². The number of carbonyl (C=O) groups is 2. The van der Waals surface area contributed by atoms with E-state index in [0.29, 0.717) is 12.8 Å². The van der Waals surface area contributed by atoms with Crippen LogP contribution in [0.3, 0.4) is 0 Å². The lowest BCUT2D eigenvalue weighted by Gasteiger charge is -2.11. The lowest BCUT2D eigenvalue weighted by molar-refractivity contribution is -0.142. The zero-order valence-corrected chi connectivity index (χ0v) is 8.86. The molecule has 0 amide bonds. The zero-order chi connectivity index (χ0) is 11.6. The highest BCUT2D eigenvalue weighted by Gasteiger charge is 2.16. The van der Waals surface area contributed by atoms with E-state index < -0.39 is 12.0 Å². The summed E-state index contributed by atoms with van der Waals surface area (Å²) in [5.74, 6) is -0.753. The van der Waals surface area contributed by atoms with Crippen molar-refractivity contribution in [2.75, 3.05) is 0 Å². The predicted octanol–water partition coefficient (Wildman–Crippen LogP) is 1.06. The molecule has 0 aliphatic rings. The molecule has 0 rings (SSSR count). The average molecular weight is 205 g/mol. The molecule has 0 bridgehead atoms. The number of carboxylic acids is 1. The molecule has 84 valence electrons. The molecule has 0 aromatic carbocycles. The molecular formula is C9H19NO4. The van der Waals surface area contributed by atoms with Crippen molar-refractivity contribution < 1.29 is 19.9 Å². The molecule has 0 fully saturated rings. The van der Waals surface area contributed by atoms with Gasteiger partial charge in [-0.2, -0.15) is 5.48 Å². The van der Waals surface area contributed by atoms with Gasteiger partial charge in [0.05, 0.1) is 0 Å². The molecule has 0 heterocycles. The molecule has 0 aromatic rings. The quantitative estimate of drug-likeness (QED) is 0.461. The van der Waals surface area contributed by atoms with Gasteiger partial charge >= 0.3 is 5.97 Å². The normalized spacial score (nSPS) is 11.5. The number of rotatable bonds is 5. The Bertz CT molecular complexity index is 159. The third kappa shape index (κ3) is 11.1. The Kier molecular flexibility index (Phi) is 11.3. The van der Waals surface area contributed by atoms with Crippen molar-refractivity contribution in [1.29, 1.82) is 0 Å². The number of hydroxylamine groups is 1. The summed E-state index contributed by atoms with van der Waals surface area (Å²) in [6.07, 6.45) is 1.95. The molecule has 5 heteroatoms. The Morgan fingerprint density at radius 3 is 2.00 bits per heavy atom. The van der Waals surface area contributed by atoms with Crippen LogP contribution in [0.4, 0.5) is 0 Å².